The summed E-state index contributed by atoms with van der Waals surface area (Å²) in [4.78, 5) is 22.5. The SMILES string of the molecule is COC(=O)[C@H](C)NC(=O)C1CC(O)CN1. The van der Waals surface area contributed by atoms with Gasteiger partial charge in [0.2, 0.25) is 5.91 Å². The van der Waals surface area contributed by atoms with E-state index in [0.717, 1.165) is 0 Å². The largest absolute Gasteiger partial charge is 0.467 e. The zero-order valence-electron chi connectivity index (χ0n) is 8.82. The van der Waals surface area contributed by atoms with Crippen molar-refractivity contribution in [2.45, 2.75) is 31.5 Å². The molecule has 3 N–H and O–H groups in total. The maximum absolute atomic E-state index is 11.5. The molecule has 15 heavy (non-hydrogen) atoms. The highest BCUT2D eigenvalue weighted by atomic mass is 16.5. The molecule has 1 fully saturated rings. The third kappa shape index (κ3) is 3.17. The lowest BCUT2D eigenvalue weighted by molar-refractivity contribution is -0.144. The smallest absolute Gasteiger partial charge is 0.328 e. The number of aliphatic hydroxyl groups is 1. The van der Waals surface area contributed by atoms with Crippen molar-refractivity contribution in [1.29, 1.82) is 0 Å². The maximum atomic E-state index is 11.5. The van der Waals surface area contributed by atoms with Crippen LogP contribution in [0, 0.1) is 0 Å². The van der Waals surface area contributed by atoms with E-state index in [0.29, 0.717) is 13.0 Å². The molecule has 0 spiro atoms. The number of hydrogen-bond acceptors (Lipinski definition) is 5. The summed E-state index contributed by atoms with van der Waals surface area (Å²) >= 11 is 0. The first-order chi connectivity index (χ1) is 7.04. The first kappa shape index (κ1) is 11.9. The van der Waals surface area contributed by atoms with Gasteiger partial charge in [-0.3, -0.25) is 4.79 Å². The molecule has 0 aromatic carbocycles. The van der Waals surface area contributed by atoms with Crippen LogP contribution in [-0.4, -0.2) is 48.8 Å². The molecule has 1 rings (SSSR count). The number of methoxy groups -OCH3 is 1. The van der Waals surface area contributed by atoms with Gasteiger partial charge in [0.15, 0.2) is 0 Å². The Hall–Kier alpha value is -1.14. The second kappa shape index (κ2) is 5.09. The molecule has 0 aliphatic carbocycles. The number of amides is 1. The van der Waals surface area contributed by atoms with Gasteiger partial charge in [-0.15, -0.1) is 0 Å². The standard InChI is InChI=1S/C9H16N2O4/c1-5(9(14)15-2)11-8(13)7-3-6(12)4-10-7/h5-7,10,12H,3-4H2,1-2H3,(H,11,13)/t5-,6?,7?/m0/s1. The van der Waals surface area contributed by atoms with Crippen molar-refractivity contribution >= 4 is 11.9 Å². The molecule has 6 nitrogen and oxygen atoms in total. The maximum Gasteiger partial charge on any atom is 0.328 e. The summed E-state index contributed by atoms with van der Waals surface area (Å²) < 4.78 is 4.47. The van der Waals surface area contributed by atoms with Crippen LogP contribution in [0.1, 0.15) is 13.3 Å². The summed E-state index contributed by atoms with van der Waals surface area (Å²) in [5, 5.41) is 14.6. The number of rotatable bonds is 3. The predicted octanol–water partition coefficient (Wildman–Crippen LogP) is -1.61. The molecule has 0 bridgehead atoms. The Morgan fingerprint density at radius 1 is 1.60 bits per heavy atom. The molecule has 1 aliphatic rings. The Balaban J connectivity index is 2.38. The van der Waals surface area contributed by atoms with Crippen molar-refractivity contribution < 1.29 is 19.4 Å². The minimum Gasteiger partial charge on any atom is -0.467 e. The van der Waals surface area contributed by atoms with Crippen LogP contribution >= 0.6 is 0 Å². The quantitative estimate of drug-likeness (QED) is 0.494. The second-order valence-electron chi connectivity index (χ2n) is 3.60. The lowest BCUT2D eigenvalue weighted by atomic mass is 10.2. The number of esters is 1. The van der Waals surface area contributed by atoms with Crippen LogP contribution in [0.5, 0.6) is 0 Å². The van der Waals surface area contributed by atoms with Crippen LogP contribution in [-0.2, 0) is 14.3 Å². The molecule has 6 heteroatoms. The van der Waals surface area contributed by atoms with Crippen LogP contribution in [0.4, 0.5) is 0 Å². The summed E-state index contributed by atoms with van der Waals surface area (Å²) in [6.07, 6.45) is -0.117. The Morgan fingerprint density at radius 3 is 2.73 bits per heavy atom. The molecule has 0 saturated carbocycles. The molecule has 1 amide bonds. The molecule has 86 valence electrons. The summed E-state index contributed by atoms with van der Waals surface area (Å²) in [5.41, 5.74) is 0. The zero-order valence-corrected chi connectivity index (χ0v) is 8.82. The fourth-order valence-corrected chi connectivity index (χ4v) is 1.47. The van der Waals surface area contributed by atoms with Gasteiger partial charge in [0, 0.05) is 6.54 Å². The number of aliphatic hydroxyl groups excluding tert-OH is 1. The van der Waals surface area contributed by atoms with Gasteiger partial charge < -0.3 is 20.5 Å². The number of hydrogen-bond donors (Lipinski definition) is 3. The highest BCUT2D eigenvalue weighted by Crippen LogP contribution is 2.06. The molecule has 3 atom stereocenters. The van der Waals surface area contributed by atoms with E-state index in [4.69, 9.17) is 0 Å². The zero-order chi connectivity index (χ0) is 11.4. The van der Waals surface area contributed by atoms with E-state index in [2.05, 4.69) is 15.4 Å². The molecule has 0 radical (unpaired) electrons. The molecule has 1 aliphatic heterocycles. The summed E-state index contributed by atoms with van der Waals surface area (Å²) in [6, 6.07) is -1.09. The Labute approximate surface area is 88.0 Å². The van der Waals surface area contributed by atoms with E-state index in [1.807, 2.05) is 0 Å². The van der Waals surface area contributed by atoms with Gasteiger partial charge >= 0.3 is 5.97 Å². The fourth-order valence-electron chi connectivity index (χ4n) is 1.47. The van der Waals surface area contributed by atoms with Crippen molar-refractivity contribution in [1.82, 2.24) is 10.6 Å². The summed E-state index contributed by atoms with van der Waals surface area (Å²) in [6.45, 7) is 1.96. The van der Waals surface area contributed by atoms with E-state index >= 15 is 0 Å². The van der Waals surface area contributed by atoms with Crippen LogP contribution in [0.3, 0.4) is 0 Å². The Bertz CT molecular complexity index is 256. The van der Waals surface area contributed by atoms with E-state index in [9.17, 15) is 14.7 Å². The van der Waals surface area contributed by atoms with E-state index < -0.39 is 24.2 Å². The van der Waals surface area contributed by atoms with Crippen molar-refractivity contribution in [2.75, 3.05) is 13.7 Å². The molecule has 0 aromatic heterocycles. The molecular weight excluding hydrogens is 200 g/mol. The third-order valence-corrected chi connectivity index (χ3v) is 2.34. The van der Waals surface area contributed by atoms with E-state index in [-0.39, 0.29) is 5.91 Å². The van der Waals surface area contributed by atoms with Crippen LogP contribution < -0.4 is 10.6 Å². The monoisotopic (exact) mass is 216 g/mol. The predicted molar refractivity (Wildman–Crippen MR) is 52.0 cm³/mol. The summed E-state index contributed by atoms with van der Waals surface area (Å²) in [5.74, 6) is -0.772. The molecule has 1 heterocycles. The van der Waals surface area contributed by atoms with Gasteiger partial charge in [-0.1, -0.05) is 0 Å². The molecule has 1 saturated heterocycles. The van der Waals surface area contributed by atoms with Gasteiger partial charge in [0.1, 0.15) is 6.04 Å². The van der Waals surface area contributed by atoms with Crippen molar-refractivity contribution in [2.24, 2.45) is 0 Å². The van der Waals surface area contributed by atoms with E-state index in [1.165, 1.54) is 7.11 Å². The van der Waals surface area contributed by atoms with Crippen LogP contribution in [0.25, 0.3) is 0 Å². The van der Waals surface area contributed by atoms with Gasteiger partial charge in [-0.2, -0.15) is 0 Å². The minimum absolute atomic E-state index is 0.288. The topological polar surface area (TPSA) is 87.7 Å². The third-order valence-electron chi connectivity index (χ3n) is 2.34. The molecular formula is C9H16N2O4. The van der Waals surface area contributed by atoms with Crippen LogP contribution in [0.15, 0.2) is 0 Å². The normalized spacial score (nSPS) is 27.1. The number of β-amino-alcohol motifs (C(OH)–C–C–N with tert-alkyl or cyclic N) is 1. The van der Waals surface area contributed by atoms with Gasteiger partial charge in [-0.25, -0.2) is 4.79 Å². The summed E-state index contributed by atoms with van der Waals surface area (Å²) in [7, 11) is 1.27. The van der Waals surface area contributed by atoms with Gasteiger partial charge in [0.25, 0.3) is 0 Å². The van der Waals surface area contributed by atoms with Gasteiger partial charge in [0.05, 0.1) is 19.3 Å². The van der Waals surface area contributed by atoms with Crippen molar-refractivity contribution in [3.63, 3.8) is 0 Å². The fraction of sp³-hybridized carbons (Fsp3) is 0.778. The van der Waals surface area contributed by atoms with Crippen LogP contribution in [0.2, 0.25) is 0 Å². The first-order valence-electron chi connectivity index (χ1n) is 4.84. The number of nitrogens with one attached hydrogen (secondary N) is 2. The highest BCUT2D eigenvalue weighted by molar-refractivity contribution is 5.87. The van der Waals surface area contributed by atoms with Crippen molar-refractivity contribution in [3.05, 3.63) is 0 Å². The first-order valence-corrected chi connectivity index (χ1v) is 4.84. The number of carbonyl (C=O) groups is 2. The number of carbonyl (C=O) groups excluding carboxylic acids is 2. The minimum atomic E-state index is -0.665. The molecule has 2 unspecified atom stereocenters. The lowest BCUT2D eigenvalue weighted by Gasteiger charge is -2.15. The van der Waals surface area contributed by atoms with Gasteiger partial charge in [-0.05, 0) is 13.3 Å². The number of ether oxygens (including phenoxy) is 1. The van der Waals surface area contributed by atoms with E-state index in [1.54, 1.807) is 6.92 Å². The molecule has 0 aromatic rings. The average Bonchev–Trinajstić information content (AvgIpc) is 2.63. The second-order valence-corrected chi connectivity index (χ2v) is 3.60. The highest BCUT2D eigenvalue weighted by Gasteiger charge is 2.29. The Kier molecular flexibility index (Phi) is 4.05. The Morgan fingerprint density at radius 2 is 2.27 bits per heavy atom. The average molecular weight is 216 g/mol. The lowest BCUT2D eigenvalue weighted by Crippen LogP contribution is -2.47. The van der Waals surface area contributed by atoms with Crippen molar-refractivity contribution in [3.8, 4) is 0 Å².